The number of pyridine rings is 1. The Labute approximate surface area is 189 Å². The number of nitrogens with zero attached hydrogens (tertiary/aromatic N) is 2. The number of benzene rings is 2. The Balaban J connectivity index is 1.89. The van der Waals surface area contributed by atoms with E-state index in [-0.39, 0.29) is 23.2 Å². The highest BCUT2D eigenvalue weighted by Gasteiger charge is 2.47. The predicted molar refractivity (Wildman–Crippen MR) is 118 cm³/mol. The summed E-state index contributed by atoms with van der Waals surface area (Å²) in [5.41, 5.74) is 0.782. The maximum absolute atomic E-state index is 14.9. The van der Waals surface area contributed by atoms with Crippen LogP contribution in [0.4, 0.5) is 4.39 Å². The van der Waals surface area contributed by atoms with Crippen molar-refractivity contribution in [1.82, 2.24) is 9.88 Å². The van der Waals surface area contributed by atoms with Crippen LogP contribution >= 0.6 is 0 Å². The van der Waals surface area contributed by atoms with Gasteiger partial charge in [0.1, 0.15) is 11.6 Å². The van der Waals surface area contributed by atoms with E-state index in [4.69, 9.17) is 9.47 Å². The van der Waals surface area contributed by atoms with Gasteiger partial charge in [0.25, 0.3) is 11.7 Å². The summed E-state index contributed by atoms with van der Waals surface area (Å²) in [4.78, 5) is 31.4. The predicted octanol–water partition coefficient (Wildman–Crippen LogP) is 3.86. The minimum Gasteiger partial charge on any atom is -0.507 e. The lowest BCUT2D eigenvalue weighted by Crippen LogP contribution is -2.29. The second-order valence-corrected chi connectivity index (χ2v) is 7.38. The van der Waals surface area contributed by atoms with Gasteiger partial charge in [-0.1, -0.05) is 24.3 Å². The van der Waals surface area contributed by atoms with Crippen LogP contribution in [-0.4, -0.2) is 40.9 Å². The Hall–Kier alpha value is -4.20. The molecule has 2 aromatic carbocycles. The number of hydrogen-bond acceptors (Lipinski definition) is 6. The average molecular weight is 448 g/mol. The first-order valence-corrected chi connectivity index (χ1v) is 10.1. The molecule has 1 saturated heterocycles. The summed E-state index contributed by atoms with van der Waals surface area (Å²) in [5.74, 6) is -2.02. The van der Waals surface area contributed by atoms with Gasteiger partial charge in [-0.15, -0.1) is 0 Å². The molecular formula is C25H21FN2O5. The van der Waals surface area contributed by atoms with Crippen LogP contribution in [0.15, 0.2) is 72.6 Å². The topological polar surface area (TPSA) is 89.0 Å². The average Bonchev–Trinajstić information content (AvgIpc) is 3.08. The number of methoxy groups -OCH3 is 2. The van der Waals surface area contributed by atoms with Gasteiger partial charge in [-0.05, 0) is 35.9 Å². The SMILES string of the molecule is COc1ccc(/C(O)=C2\C(=O)C(=O)N(Cc3cccnc3)[C@@H]2c2ccccc2F)cc1OC. The number of ketones is 1. The molecule has 0 spiro atoms. The number of aliphatic hydroxyl groups excluding tert-OH is 1. The highest BCUT2D eigenvalue weighted by molar-refractivity contribution is 6.46. The number of carbonyl (C=O) groups excluding carboxylic acids is 2. The van der Waals surface area contributed by atoms with E-state index in [1.807, 2.05) is 0 Å². The van der Waals surface area contributed by atoms with E-state index in [2.05, 4.69) is 4.98 Å². The van der Waals surface area contributed by atoms with Gasteiger partial charge in [-0.25, -0.2) is 4.39 Å². The Kier molecular flexibility index (Phi) is 6.08. The van der Waals surface area contributed by atoms with Crippen LogP contribution < -0.4 is 9.47 Å². The van der Waals surface area contributed by atoms with Gasteiger partial charge in [0.2, 0.25) is 0 Å². The fourth-order valence-electron chi connectivity index (χ4n) is 3.89. The fraction of sp³-hybridized carbons (Fsp3) is 0.160. The van der Waals surface area contributed by atoms with E-state index in [1.165, 1.54) is 49.5 Å². The quantitative estimate of drug-likeness (QED) is 0.350. The Morgan fingerprint density at radius 2 is 1.82 bits per heavy atom. The third-order valence-corrected chi connectivity index (χ3v) is 5.47. The monoisotopic (exact) mass is 448 g/mol. The number of likely N-dealkylation sites (tertiary alicyclic amines) is 1. The van der Waals surface area contributed by atoms with E-state index in [0.29, 0.717) is 17.1 Å². The van der Waals surface area contributed by atoms with Crippen molar-refractivity contribution in [1.29, 1.82) is 0 Å². The van der Waals surface area contributed by atoms with Crippen molar-refractivity contribution in [3.8, 4) is 11.5 Å². The summed E-state index contributed by atoms with van der Waals surface area (Å²) >= 11 is 0. The molecule has 0 saturated carbocycles. The van der Waals surface area contributed by atoms with Gasteiger partial charge in [0.05, 0.1) is 25.8 Å². The number of amides is 1. The van der Waals surface area contributed by atoms with Gasteiger partial charge in [0, 0.05) is 30.1 Å². The number of carbonyl (C=O) groups is 2. The number of Topliss-reactive ketones (excluding diaryl/α,β-unsaturated/α-hetero) is 1. The molecule has 33 heavy (non-hydrogen) atoms. The molecule has 2 heterocycles. The third-order valence-electron chi connectivity index (χ3n) is 5.47. The number of aliphatic hydroxyl groups is 1. The number of halogens is 1. The maximum Gasteiger partial charge on any atom is 0.295 e. The molecule has 1 amide bonds. The third kappa shape index (κ3) is 4.03. The lowest BCUT2D eigenvalue weighted by atomic mass is 9.94. The van der Waals surface area contributed by atoms with Crippen molar-refractivity contribution in [2.75, 3.05) is 14.2 Å². The number of aromatic nitrogens is 1. The number of hydrogen-bond donors (Lipinski definition) is 1. The normalized spacial score (nSPS) is 17.3. The van der Waals surface area contributed by atoms with Crippen LogP contribution in [0.5, 0.6) is 11.5 Å². The van der Waals surface area contributed by atoms with E-state index >= 15 is 0 Å². The van der Waals surface area contributed by atoms with Crippen LogP contribution in [0.1, 0.15) is 22.7 Å². The smallest absolute Gasteiger partial charge is 0.295 e. The minimum absolute atomic E-state index is 0.0140. The Morgan fingerprint density at radius 3 is 2.48 bits per heavy atom. The van der Waals surface area contributed by atoms with Crippen molar-refractivity contribution < 1.29 is 28.6 Å². The maximum atomic E-state index is 14.9. The molecule has 1 fully saturated rings. The summed E-state index contributed by atoms with van der Waals surface area (Å²) < 4.78 is 25.4. The summed E-state index contributed by atoms with van der Waals surface area (Å²) in [6, 6.07) is 12.8. The zero-order chi connectivity index (χ0) is 23.5. The second-order valence-electron chi connectivity index (χ2n) is 7.38. The molecule has 1 aromatic heterocycles. The first-order chi connectivity index (χ1) is 16.0. The van der Waals surface area contributed by atoms with Gasteiger partial charge in [-0.3, -0.25) is 14.6 Å². The van der Waals surface area contributed by atoms with Gasteiger partial charge in [0.15, 0.2) is 11.5 Å². The molecule has 1 atom stereocenters. The largest absolute Gasteiger partial charge is 0.507 e. The molecule has 4 rings (SSSR count). The molecule has 1 aliphatic heterocycles. The van der Waals surface area contributed by atoms with Gasteiger partial charge >= 0.3 is 0 Å². The fourth-order valence-corrected chi connectivity index (χ4v) is 3.89. The highest BCUT2D eigenvalue weighted by Crippen LogP contribution is 2.42. The molecule has 0 aliphatic carbocycles. The van der Waals surface area contributed by atoms with Crippen molar-refractivity contribution >= 4 is 17.4 Å². The summed E-state index contributed by atoms with van der Waals surface area (Å²) in [7, 11) is 2.91. The Bertz CT molecular complexity index is 1240. The molecule has 0 unspecified atom stereocenters. The summed E-state index contributed by atoms with van der Waals surface area (Å²) in [5, 5.41) is 11.1. The lowest BCUT2D eigenvalue weighted by Gasteiger charge is -2.25. The molecular weight excluding hydrogens is 427 g/mol. The zero-order valence-corrected chi connectivity index (χ0v) is 18.0. The van der Waals surface area contributed by atoms with E-state index in [9.17, 15) is 19.1 Å². The molecule has 1 N–H and O–H groups in total. The molecule has 168 valence electrons. The van der Waals surface area contributed by atoms with Crippen molar-refractivity contribution in [2.24, 2.45) is 0 Å². The van der Waals surface area contributed by atoms with Crippen LogP contribution in [0.2, 0.25) is 0 Å². The van der Waals surface area contributed by atoms with Crippen LogP contribution in [-0.2, 0) is 16.1 Å². The van der Waals surface area contributed by atoms with Gasteiger partial charge < -0.3 is 19.5 Å². The number of rotatable bonds is 6. The summed E-state index contributed by atoms with van der Waals surface area (Å²) in [6.07, 6.45) is 3.15. The molecule has 8 heteroatoms. The molecule has 7 nitrogen and oxygen atoms in total. The van der Waals surface area contributed by atoms with E-state index in [1.54, 1.807) is 36.7 Å². The van der Waals surface area contributed by atoms with Crippen LogP contribution in [0.25, 0.3) is 5.76 Å². The first-order valence-electron chi connectivity index (χ1n) is 10.1. The zero-order valence-electron chi connectivity index (χ0n) is 18.0. The Morgan fingerprint density at radius 1 is 1.06 bits per heavy atom. The van der Waals surface area contributed by atoms with Crippen molar-refractivity contribution in [3.63, 3.8) is 0 Å². The highest BCUT2D eigenvalue weighted by atomic mass is 19.1. The standard InChI is InChI=1S/C25H21FN2O5/c1-32-19-10-9-16(12-20(19)33-2)23(29)21-22(17-7-3-4-8-18(17)26)28(25(31)24(21)30)14-15-6-5-11-27-13-15/h3-13,22,29H,14H2,1-2H3/b23-21+/t22-/m1/s1. The molecule has 0 radical (unpaired) electrons. The van der Waals surface area contributed by atoms with Crippen LogP contribution in [0.3, 0.4) is 0 Å². The number of ether oxygens (including phenoxy) is 2. The second kappa shape index (κ2) is 9.12. The first kappa shape index (κ1) is 22.0. The van der Waals surface area contributed by atoms with Crippen molar-refractivity contribution in [3.05, 3.63) is 95.1 Å². The molecule has 0 bridgehead atoms. The minimum atomic E-state index is -1.13. The van der Waals surface area contributed by atoms with E-state index < -0.39 is 29.3 Å². The van der Waals surface area contributed by atoms with E-state index in [0.717, 1.165) is 0 Å². The van der Waals surface area contributed by atoms with Crippen LogP contribution in [0, 0.1) is 5.82 Å². The van der Waals surface area contributed by atoms with Gasteiger partial charge in [-0.2, -0.15) is 0 Å². The summed E-state index contributed by atoms with van der Waals surface area (Å²) in [6.45, 7) is 0.0140. The molecule has 1 aliphatic rings. The lowest BCUT2D eigenvalue weighted by molar-refractivity contribution is -0.140. The molecule has 3 aromatic rings. The van der Waals surface area contributed by atoms with Crippen molar-refractivity contribution in [2.45, 2.75) is 12.6 Å².